The van der Waals surface area contributed by atoms with E-state index in [1.165, 1.54) is 36.1 Å². The van der Waals surface area contributed by atoms with Gasteiger partial charge < -0.3 is 14.5 Å². The molecule has 2 unspecified atom stereocenters. The van der Waals surface area contributed by atoms with Crippen LogP contribution in [0, 0.1) is 11.7 Å². The molecule has 2 aliphatic heterocycles. The van der Waals surface area contributed by atoms with Gasteiger partial charge in [-0.2, -0.15) is 0 Å². The van der Waals surface area contributed by atoms with Crippen molar-refractivity contribution in [1.82, 2.24) is 9.80 Å². The molecule has 2 atom stereocenters. The molecule has 3 rings (SSSR count). The van der Waals surface area contributed by atoms with Gasteiger partial charge in [-0.1, -0.05) is 0 Å². The number of carbonyl (C=O) groups excluding carboxylic acids is 3. The molecular weight excluding hydrogens is 439 g/mol. The zero-order chi connectivity index (χ0) is 23.5. The van der Waals surface area contributed by atoms with E-state index < -0.39 is 39.6 Å². The lowest BCUT2D eigenvalue weighted by Crippen LogP contribution is -2.47. The maximum absolute atomic E-state index is 13.1. The monoisotopic (exact) mass is 468 g/mol. The van der Waals surface area contributed by atoms with Crippen molar-refractivity contribution < 1.29 is 31.9 Å². The fourth-order valence-corrected chi connectivity index (χ4v) is 5.99. The van der Waals surface area contributed by atoms with E-state index in [0.717, 1.165) is 0 Å². The molecule has 2 amide bonds. The number of hydrogen-bond donors (Lipinski definition) is 0. The molecule has 2 fully saturated rings. The van der Waals surface area contributed by atoms with Crippen molar-refractivity contribution in [2.45, 2.75) is 45.3 Å². The lowest BCUT2D eigenvalue weighted by molar-refractivity contribution is -0.164. The molecule has 1 aromatic rings. The van der Waals surface area contributed by atoms with E-state index in [0.29, 0.717) is 44.5 Å². The Hall–Kier alpha value is -2.49. The molecule has 176 valence electrons. The number of likely N-dealkylation sites (tertiary alicyclic amines) is 1. The number of rotatable bonds is 6. The molecule has 2 saturated heterocycles. The summed E-state index contributed by atoms with van der Waals surface area (Å²) in [6.07, 6.45) is 0.198. The van der Waals surface area contributed by atoms with Crippen LogP contribution in [0.4, 0.5) is 4.39 Å². The van der Waals surface area contributed by atoms with Gasteiger partial charge in [-0.25, -0.2) is 12.8 Å². The van der Waals surface area contributed by atoms with E-state index in [2.05, 4.69) is 0 Å². The van der Waals surface area contributed by atoms with Crippen LogP contribution in [0.15, 0.2) is 24.3 Å². The summed E-state index contributed by atoms with van der Waals surface area (Å²) in [6, 6.07) is 4.94. The van der Waals surface area contributed by atoms with Crippen LogP contribution in [0.25, 0.3) is 0 Å². The molecule has 0 radical (unpaired) electrons. The lowest BCUT2D eigenvalue weighted by atomic mass is 9.96. The van der Waals surface area contributed by atoms with Crippen molar-refractivity contribution in [2.75, 3.05) is 31.1 Å². The van der Waals surface area contributed by atoms with Gasteiger partial charge in [0.05, 0.1) is 17.4 Å². The molecule has 32 heavy (non-hydrogen) atoms. The number of likely N-dealkylation sites (N-methyl/N-ethyl adjacent to an activating group) is 1. The van der Waals surface area contributed by atoms with Gasteiger partial charge in [-0.15, -0.1) is 0 Å². The highest BCUT2D eigenvalue weighted by Crippen LogP contribution is 2.23. The van der Waals surface area contributed by atoms with Crippen molar-refractivity contribution in [1.29, 1.82) is 0 Å². The van der Waals surface area contributed by atoms with Crippen LogP contribution in [0.5, 0.6) is 0 Å². The Morgan fingerprint density at radius 2 is 1.78 bits per heavy atom. The Morgan fingerprint density at radius 3 is 2.31 bits per heavy atom. The fraction of sp³-hybridized carbons (Fsp3) is 0.591. The molecule has 0 saturated carbocycles. The number of amides is 2. The predicted octanol–water partition coefficient (Wildman–Crippen LogP) is 1.65. The fourth-order valence-electron chi connectivity index (χ4n) is 4.26. The van der Waals surface area contributed by atoms with E-state index in [-0.39, 0.29) is 23.5 Å². The Kier molecular flexibility index (Phi) is 7.53. The smallest absolute Gasteiger partial charge is 0.309 e. The lowest BCUT2D eigenvalue weighted by Gasteiger charge is -2.32. The molecule has 0 N–H and O–H groups in total. The van der Waals surface area contributed by atoms with Crippen molar-refractivity contribution in [2.24, 2.45) is 5.92 Å². The summed E-state index contributed by atoms with van der Waals surface area (Å²) in [6.45, 7) is 4.33. The van der Waals surface area contributed by atoms with Crippen LogP contribution in [0.2, 0.25) is 0 Å². The average Bonchev–Trinajstić information content (AvgIpc) is 3.13. The topological polar surface area (TPSA) is 101 Å². The molecule has 10 heteroatoms. The molecule has 1 aromatic carbocycles. The summed E-state index contributed by atoms with van der Waals surface area (Å²) >= 11 is 0. The molecule has 0 aromatic heterocycles. The van der Waals surface area contributed by atoms with E-state index in [9.17, 15) is 27.2 Å². The standard InChI is InChI=1S/C22H29FN2O6S/c1-3-25(19-10-13-32(29,30)14-19)20(26)15(2)31-22(28)17-8-11-24(12-9-17)21(27)16-4-6-18(23)7-5-16/h4-7,15,17,19H,3,8-14H2,1-2H3. The van der Waals surface area contributed by atoms with Crippen LogP contribution >= 0.6 is 0 Å². The molecule has 2 heterocycles. The predicted molar refractivity (Wildman–Crippen MR) is 115 cm³/mol. The van der Waals surface area contributed by atoms with Crippen LogP contribution in [0.3, 0.4) is 0 Å². The van der Waals surface area contributed by atoms with Crippen LogP contribution in [0.1, 0.15) is 43.5 Å². The van der Waals surface area contributed by atoms with E-state index >= 15 is 0 Å². The number of piperidine rings is 1. The quantitative estimate of drug-likeness (QED) is 0.589. The number of nitrogens with zero attached hydrogens (tertiary/aromatic N) is 2. The van der Waals surface area contributed by atoms with Gasteiger partial charge in [0.25, 0.3) is 11.8 Å². The third-order valence-corrected chi connectivity index (χ3v) is 7.87. The minimum atomic E-state index is -3.14. The number of benzene rings is 1. The van der Waals surface area contributed by atoms with Gasteiger partial charge in [-0.05, 0) is 57.4 Å². The third kappa shape index (κ3) is 5.65. The second-order valence-electron chi connectivity index (χ2n) is 8.33. The van der Waals surface area contributed by atoms with Crippen LogP contribution < -0.4 is 0 Å². The first-order valence-corrected chi connectivity index (χ1v) is 12.7. The SMILES string of the molecule is CCN(C(=O)C(C)OC(=O)C1CCN(C(=O)c2ccc(F)cc2)CC1)C1CCS(=O)(=O)C1. The average molecular weight is 469 g/mol. The Bertz CT molecular complexity index is 957. The Balaban J connectivity index is 1.51. The summed E-state index contributed by atoms with van der Waals surface area (Å²) in [5, 5.41) is 0. The molecule has 0 spiro atoms. The maximum Gasteiger partial charge on any atom is 0.309 e. The van der Waals surface area contributed by atoms with Crippen molar-refractivity contribution in [3.05, 3.63) is 35.6 Å². The van der Waals surface area contributed by atoms with Gasteiger partial charge in [0.1, 0.15) is 5.82 Å². The minimum Gasteiger partial charge on any atom is -0.452 e. The highest BCUT2D eigenvalue weighted by Gasteiger charge is 2.37. The van der Waals surface area contributed by atoms with E-state index in [1.54, 1.807) is 11.8 Å². The Morgan fingerprint density at radius 1 is 1.16 bits per heavy atom. The molecular formula is C22H29FN2O6S. The third-order valence-electron chi connectivity index (χ3n) is 6.12. The van der Waals surface area contributed by atoms with E-state index in [4.69, 9.17) is 4.74 Å². The first-order valence-electron chi connectivity index (χ1n) is 10.9. The van der Waals surface area contributed by atoms with Crippen LogP contribution in [-0.4, -0.2) is 79.3 Å². The summed E-state index contributed by atoms with van der Waals surface area (Å²) in [5.74, 6) is -1.95. The molecule has 0 bridgehead atoms. The molecule has 2 aliphatic rings. The maximum atomic E-state index is 13.1. The highest BCUT2D eigenvalue weighted by atomic mass is 32.2. The highest BCUT2D eigenvalue weighted by molar-refractivity contribution is 7.91. The minimum absolute atomic E-state index is 0.0603. The molecule has 8 nitrogen and oxygen atoms in total. The van der Waals surface area contributed by atoms with Crippen molar-refractivity contribution >= 4 is 27.6 Å². The zero-order valence-electron chi connectivity index (χ0n) is 18.3. The molecule has 0 aliphatic carbocycles. The summed E-state index contributed by atoms with van der Waals surface area (Å²) in [5.41, 5.74) is 0.389. The van der Waals surface area contributed by atoms with Gasteiger partial charge in [0, 0.05) is 31.2 Å². The largest absolute Gasteiger partial charge is 0.452 e. The van der Waals surface area contributed by atoms with Gasteiger partial charge >= 0.3 is 5.97 Å². The van der Waals surface area contributed by atoms with Crippen molar-refractivity contribution in [3.8, 4) is 0 Å². The normalized spacial score (nSPS) is 21.7. The number of carbonyl (C=O) groups is 3. The van der Waals surface area contributed by atoms with Gasteiger partial charge in [0.2, 0.25) is 0 Å². The number of halogens is 1. The zero-order valence-corrected chi connectivity index (χ0v) is 19.1. The second kappa shape index (κ2) is 9.97. The van der Waals surface area contributed by atoms with Crippen molar-refractivity contribution in [3.63, 3.8) is 0 Å². The number of ether oxygens (including phenoxy) is 1. The Labute approximate surface area is 187 Å². The number of esters is 1. The number of sulfone groups is 1. The number of hydrogen-bond acceptors (Lipinski definition) is 6. The first-order chi connectivity index (χ1) is 15.1. The van der Waals surface area contributed by atoms with Gasteiger partial charge in [-0.3, -0.25) is 14.4 Å². The second-order valence-corrected chi connectivity index (χ2v) is 10.6. The summed E-state index contributed by atoms with van der Waals surface area (Å²) in [7, 11) is -3.14. The van der Waals surface area contributed by atoms with Gasteiger partial charge in [0.15, 0.2) is 15.9 Å². The summed E-state index contributed by atoms with van der Waals surface area (Å²) in [4.78, 5) is 41.0. The first kappa shape index (κ1) is 24.2. The van der Waals surface area contributed by atoms with Crippen LogP contribution in [-0.2, 0) is 24.2 Å². The summed E-state index contributed by atoms with van der Waals surface area (Å²) < 4.78 is 42.0. The van der Waals surface area contributed by atoms with E-state index in [1.807, 2.05) is 0 Å².